The van der Waals surface area contributed by atoms with Gasteiger partial charge in [0, 0.05) is 12.6 Å². The number of hydrogen-bond acceptors (Lipinski definition) is 7. The quantitative estimate of drug-likeness (QED) is 0.330. The van der Waals surface area contributed by atoms with Crippen LogP contribution in [0.5, 0.6) is 0 Å². The van der Waals surface area contributed by atoms with Gasteiger partial charge in [0.1, 0.15) is 0 Å². The fourth-order valence-electron chi connectivity index (χ4n) is 1.86. The van der Waals surface area contributed by atoms with Gasteiger partial charge in [-0.15, -0.1) is 0 Å². The second-order valence-electron chi connectivity index (χ2n) is 6.60. The maximum atomic E-state index is 6.88. The summed E-state index contributed by atoms with van der Waals surface area (Å²) in [7, 11) is 0. The number of ether oxygens (including phenoxy) is 4. The van der Waals surface area contributed by atoms with E-state index in [1.165, 1.54) is 0 Å². The highest BCUT2D eigenvalue weighted by atomic mass is 16.5. The molecule has 0 aromatic heterocycles. The fraction of sp³-hybridized carbons (Fsp3) is 1.00. The van der Waals surface area contributed by atoms with Crippen LogP contribution in [0, 0.1) is 5.53 Å². The van der Waals surface area contributed by atoms with Gasteiger partial charge in [-0.3, -0.25) is 0 Å². The third-order valence-corrected chi connectivity index (χ3v) is 3.35. The molecule has 0 aliphatic carbocycles. The Hall–Kier alpha value is -0.600. The monoisotopic (exact) mass is 347 g/mol. The van der Waals surface area contributed by atoms with Crippen molar-refractivity contribution in [2.45, 2.75) is 77.9 Å². The van der Waals surface area contributed by atoms with Gasteiger partial charge in [0.15, 0.2) is 0 Å². The normalized spacial score (nSPS) is 17.9. The van der Waals surface area contributed by atoms with Crippen molar-refractivity contribution in [1.29, 1.82) is 5.53 Å². The summed E-state index contributed by atoms with van der Waals surface area (Å²) in [4.78, 5) is 0. The van der Waals surface area contributed by atoms with Crippen LogP contribution in [-0.2, 0) is 18.9 Å². The molecule has 0 radical (unpaired) electrons. The third-order valence-electron chi connectivity index (χ3n) is 3.35. The number of hydrogen-bond donors (Lipinski definition) is 2. The van der Waals surface area contributed by atoms with Crippen LogP contribution in [0.3, 0.4) is 0 Å². The number of rotatable bonds is 16. The molecule has 5 atom stereocenters. The zero-order valence-corrected chi connectivity index (χ0v) is 16.0. The average Bonchev–Trinajstić information content (AvgIpc) is 2.55. The first-order chi connectivity index (χ1) is 11.3. The summed E-state index contributed by atoms with van der Waals surface area (Å²) in [6, 6.07) is -0.0390. The van der Waals surface area contributed by atoms with E-state index in [0.717, 1.165) is 12.8 Å². The summed E-state index contributed by atoms with van der Waals surface area (Å²) in [6.07, 6.45) is 2.16. The van der Waals surface area contributed by atoms with Crippen LogP contribution >= 0.6 is 0 Å². The highest BCUT2D eigenvalue weighted by Crippen LogP contribution is 2.05. The Morgan fingerprint density at radius 3 is 2.04 bits per heavy atom. The van der Waals surface area contributed by atoms with Crippen LogP contribution in [0.1, 0.15) is 47.5 Å². The lowest BCUT2D eigenvalue weighted by atomic mass is 10.2. The molecule has 0 aliphatic heterocycles. The Kier molecular flexibility index (Phi) is 14.4. The van der Waals surface area contributed by atoms with E-state index in [0.29, 0.717) is 33.0 Å². The predicted octanol–water partition coefficient (Wildman–Crippen LogP) is 2.77. The van der Waals surface area contributed by atoms with Crippen LogP contribution in [0.25, 0.3) is 0 Å². The zero-order chi connectivity index (χ0) is 18.4. The van der Waals surface area contributed by atoms with Crippen molar-refractivity contribution >= 4 is 0 Å². The molecule has 0 bridgehead atoms. The smallest absolute Gasteiger partial charge is 0.0910 e. The van der Waals surface area contributed by atoms with Crippen molar-refractivity contribution in [3.63, 3.8) is 0 Å². The molecule has 0 aromatic carbocycles. The van der Waals surface area contributed by atoms with E-state index in [9.17, 15) is 0 Å². The Labute approximate surface area is 147 Å². The molecule has 0 spiro atoms. The minimum absolute atomic E-state index is 0.0193. The van der Waals surface area contributed by atoms with Gasteiger partial charge < -0.3 is 24.7 Å². The van der Waals surface area contributed by atoms with Crippen LogP contribution in [-0.4, -0.2) is 63.4 Å². The molecule has 3 N–H and O–H groups in total. The SMILES string of the molecule is CC(N)COC(C)COC(C)CCCOCC(C)OCC(C)N=N. The van der Waals surface area contributed by atoms with Crippen LogP contribution in [0.15, 0.2) is 5.11 Å². The maximum absolute atomic E-state index is 6.88. The van der Waals surface area contributed by atoms with Gasteiger partial charge in [0.05, 0.1) is 50.8 Å². The summed E-state index contributed by atoms with van der Waals surface area (Å²) < 4.78 is 22.5. The molecule has 0 heterocycles. The van der Waals surface area contributed by atoms with Gasteiger partial charge in [0.2, 0.25) is 0 Å². The molecule has 0 aliphatic rings. The summed E-state index contributed by atoms with van der Waals surface area (Å²) >= 11 is 0. The van der Waals surface area contributed by atoms with Crippen molar-refractivity contribution in [2.75, 3.05) is 33.0 Å². The molecule has 0 amide bonds. The predicted molar refractivity (Wildman–Crippen MR) is 94.6 cm³/mol. The van der Waals surface area contributed by atoms with Crippen molar-refractivity contribution in [1.82, 2.24) is 0 Å². The van der Waals surface area contributed by atoms with Gasteiger partial charge in [-0.2, -0.15) is 5.11 Å². The second-order valence-corrected chi connectivity index (χ2v) is 6.60. The molecule has 5 unspecified atom stereocenters. The summed E-state index contributed by atoms with van der Waals surface area (Å²) in [5.74, 6) is 0. The second kappa shape index (κ2) is 14.7. The van der Waals surface area contributed by atoms with E-state index in [1.807, 2.05) is 27.7 Å². The van der Waals surface area contributed by atoms with Gasteiger partial charge in [-0.05, 0) is 47.5 Å². The van der Waals surface area contributed by atoms with Gasteiger partial charge in [-0.1, -0.05) is 0 Å². The summed E-state index contributed by atoms with van der Waals surface area (Å²) in [5.41, 5.74) is 12.5. The summed E-state index contributed by atoms with van der Waals surface area (Å²) in [5, 5.41) is 3.39. The van der Waals surface area contributed by atoms with E-state index >= 15 is 0 Å². The van der Waals surface area contributed by atoms with Gasteiger partial charge in [0.25, 0.3) is 0 Å². The molecule has 7 heteroatoms. The van der Waals surface area contributed by atoms with E-state index in [-0.39, 0.29) is 30.4 Å². The third kappa shape index (κ3) is 15.0. The molecule has 24 heavy (non-hydrogen) atoms. The lowest BCUT2D eigenvalue weighted by Crippen LogP contribution is -2.28. The van der Waals surface area contributed by atoms with E-state index < -0.39 is 0 Å². The fourth-order valence-corrected chi connectivity index (χ4v) is 1.86. The van der Waals surface area contributed by atoms with Crippen molar-refractivity contribution in [3.05, 3.63) is 0 Å². The highest BCUT2D eigenvalue weighted by Gasteiger charge is 2.09. The minimum Gasteiger partial charge on any atom is -0.379 e. The van der Waals surface area contributed by atoms with E-state index in [2.05, 4.69) is 12.0 Å². The van der Waals surface area contributed by atoms with Crippen LogP contribution < -0.4 is 5.73 Å². The Morgan fingerprint density at radius 1 is 0.833 bits per heavy atom. The molecule has 0 saturated heterocycles. The molecule has 0 fully saturated rings. The van der Waals surface area contributed by atoms with E-state index in [1.54, 1.807) is 0 Å². The van der Waals surface area contributed by atoms with Crippen molar-refractivity contribution in [3.8, 4) is 0 Å². The Balaban J connectivity index is 3.51. The molecule has 0 saturated carbocycles. The van der Waals surface area contributed by atoms with E-state index in [4.69, 9.17) is 30.2 Å². The first-order valence-corrected chi connectivity index (χ1v) is 8.89. The van der Waals surface area contributed by atoms with Gasteiger partial charge in [-0.25, -0.2) is 5.53 Å². The molecule has 0 aromatic rings. The Morgan fingerprint density at radius 2 is 1.42 bits per heavy atom. The number of nitrogens with zero attached hydrogens (tertiary/aromatic N) is 1. The van der Waals surface area contributed by atoms with Crippen molar-refractivity contribution < 1.29 is 18.9 Å². The lowest BCUT2D eigenvalue weighted by molar-refractivity contribution is -0.0402. The van der Waals surface area contributed by atoms with Crippen LogP contribution in [0.4, 0.5) is 0 Å². The minimum atomic E-state index is -0.0927. The molecule has 0 rings (SSSR count). The molecule has 7 nitrogen and oxygen atoms in total. The van der Waals surface area contributed by atoms with Crippen LogP contribution in [0.2, 0.25) is 0 Å². The van der Waals surface area contributed by atoms with Gasteiger partial charge >= 0.3 is 0 Å². The first kappa shape index (κ1) is 23.4. The Bertz CT molecular complexity index is 306. The van der Waals surface area contributed by atoms with Crippen molar-refractivity contribution in [2.24, 2.45) is 10.8 Å². The zero-order valence-electron chi connectivity index (χ0n) is 16.0. The lowest BCUT2D eigenvalue weighted by Gasteiger charge is -2.19. The average molecular weight is 348 g/mol. The largest absolute Gasteiger partial charge is 0.379 e. The molecular weight excluding hydrogens is 310 g/mol. The number of nitrogens with two attached hydrogens (primary N) is 1. The molecular formula is C17H37N3O4. The maximum Gasteiger partial charge on any atom is 0.0910 e. The number of nitrogens with one attached hydrogen (secondary N) is 1. The first-order valence-electron chi connectivity index (χ1n) is 8.89. The topological polar surface area (TPSA) is 99.2 Å². The molecule has 144 valence electrons. The summed E-state index contributed by atoms with van der Waals surface area (Å²) in [6.45, 7) is 12.6. The standard InChI is InChI=1S/C17H37N3O4/c1-13(18)9-22-17(5)12-24-15(3)7-6-8-21-11-16(4)23-10-14(2)20-19/h13-17,19H,6-12,18H2,1-5H3. The highest BCUT2D eigenvalue weighted by molar-refractivity contribution is 4.58.